The molecule has 0 bridgehead atoms. The van der Waals surface area contributed by atoms with Crippen LogP contribution in [0.15, 0.2) is 29.3 Å². The fraction of sp³-hybridized carbons (Fsp3) is 0.579. The Hall–Kier alpha value is -1.72. The van der Waals surface area contributed by atoms with Gasteiger partial charge in [-0.15, -0.1) is 24.0 Å². The van der Waals surface area contributed by atoms with Gasteiger partial charge < -0.3 is 20.7 Å². The first-order valence-electron chi connectivity index (χ1n) is 9.46. The molecule has 0 aromatic heterocycles. The molecule has 0 unspecified atom stereocenters. The van der Waals surface area contributed by atoms with E-state index in [1.807, 2.05) is 6.92 Å². The lowest BCUT2D eigenvalue weighted by Crippen LogP contribution is -2.38. The van der Waals surface area contributed by atoms with E-state index < -0.39 is 12.8 Å². The van der Waals surface area contributed by atoms with Gasteiger partial charge in [-0.2, -0.15) is 13.2 Å². The summed E-state index contributed by atoms with van der Waals surface area (Å²) in [4.78, 5) is 16.1. The van der Waals surface area contributed by atoms with Gasteiger partial charge in [-0.3, -0.25) is 4.79 Å². The summed E-state index contributed by atoms with van der Waals surface area (Å²) in [5.74, 6) is 0.876. The lowest BCUT2D eigenvalue weighted by molar-refractivity contribution is -0.153. The Balaban J connectivity index is 0.00000420. The van der Waals surface area contributed by atoms with Crippen molar-refractivity contribution < 1.29 is 22.7 Å². The molecule has 1 aromatic rings. The smallest absolute Gasteiger partial charge is 0.422 e. The molecule has 1 amide bonds. The average molecular weight is 528 g/mol. The molecule has 1 fully saturated rings. The van der Waals surface area contributed by atoms with Crippen LogP contribution in [-0.4, -0.2) is 43.8 Å². The SMILES string of the molecule is CCNC(=NCc1ccc(OCC(F)(F)F)cc1)NCCCC(=O)NC1CC1.I. The fourth-order valence-corrected chi connectivity index (χ4v) is 2.35. The minimum atomic E-state index is -4.35. The van der Waals surface area contributed by atoms with Crippen molar-refractivity contribution in [3.05, 3.63) is 29.8 Å². The van der Waals surface area contributed by atoms with Crippen LogP contribution in [0.5, 0.6) is 5.75 Å². The summed E-state index contributed by atoms with van der Waals surface area (Å²) in [6, 6.07) is 6.73. The maximum atomic E-state index is 12.2. The topological polar surface area (TPSA) is 74.8 Å². The number of carbonyl (C=O) groups excluding carboxylic acids is 1. The number of nitrogens with zero attached hydrogens (tertiary/aromatic N) is 1. The van der Waals surface area contributed by atoms with E-state index in [2.05, 4.69) is 25.7 Å². The second-order valence-electron chi connectivity index (χ2n) is 6.62. The van der Waals surface area contributed by atoms with Gasteiger partial charge in [-0.1, -0.05) is 12.1 Å². The number of guanidine groups is 1. The van der Waals surface area contributed by atoms with Crippen LogP contribution >= 0.6 is 24.0 Å². The van der Waals surface area contributed by atoms with Gasteiger partial charge in [0, 0.05) is 25.6 Å². The lowest BCUT2D eigenvalue weighted by atomic mass is 10.2. The van der Waals surface area contributed by atoms with Crippen LogP contribution in [0.4, 0.5) is 13.2 Å². The second-order valence-corrected chi connectivity index (χ2v) is 6.62. The molecule has 164 valence electrons. The molecule has 1 aliphatic carbocycles. The van der Waals surface area contributed by atoms with Crippen LogP contribution in [0.1, 0.15) is 38.2 Å². The van der Waals surface area contributed by atoms with E-state index in [9.17, 15) is 18.0 Å². The molecule has 2 rings (SSSR count). The minimum Gasteiger partial charge on any atom is -0.484 e. The molecule has 0 aliphatic heterocycles. The number of benzene rings is 1. The average Bonchev–Trinajstić information content (AvgIpc) is 3.45. The standard InChI is InChI=1S/C19H27F3N4O2.HI/c1-2-23-18(24-11-3-4-17(27)26-15-7-8-15)25-12-14-5-9-16(10-6-14)28-13-19(20,21)22;/h5-6,9-10,15H,2-4,7-8,11-13H2,1H3,(H,26,27)(H2,23,24,25);1H. The lowest BCUT2D eigenvalue weighted by Gasteiger charge is -2.12. The Kier molecular flexibility index (Phi) is 11.1. The largest absolute Gasteiger partial charge is 0.484 e. The number of hydrogen-bond acceptors (Lipinski definition) is 3. The summed E-state index contributed by atoms with van der Waals surface area (Å²) in [6.07, 6.45) is -1.02. The van der Waals surface area contributed by atoms with Crippen molar-refractivity contribution in [3.8, 4) is 5.75 Å². The predicted molar refractivity (Wildman–Crippen MR) is 117 cm³/mol. The highest BCUT2D eigenvalue weighted by Gasteiger charge is 2.28. The van der Waals surface area contributed by atoms with Crippen molar-refractivity contribution in [1.29, 1.82) is 0 Å². The third kappa shape index (κ3) is 11.8. The van der Waals surface area contributed by atoms with Crippen LogP contribution in [0.2, 0.25) is 0 Å². The van der Waals surface area contributed by atoms with Crippen molar-refractivity contribution in [2.24, 2.45) is 4.99 Å². The molecule has 0 radical (unpaired) electrons. The molecular weight excluding hydrogens is 500 g/mol. The number of amides is 1. The Morgan fingerprint density at radius 1 is 1.21 bits per heavy atom. The van der Waals surface area contributed by atoms with Gasteiger partial charge in [0.25, 0.3) is 0 Å². The van der Waals surface area contributed by atoms with E-state index in [1.165, 1.54) is 12.1 Å². The van der Waals surface area contributed by atoms with Gasteiger partial charge in [-0.05, 0) is 43.9 Å². The maximum Gasteiger partial charge on any atom is 0.422 e. The number of carbonyl (C=O) groups is 1. The van der Waals surface area contributed by atoms with Crippen molar-refractivity contribution in [2.45, 2.75) is 51.4 Å². The van der Waals surface area contributed by atoms with Crippen LogP contribution < -0.4 is 20.7 Å². The fourth-order valence-electron chi connectivity index (χ4n) is 2.35. The minimum absolute atomic E-state index is 0. The Morgan fingerprint density at radius 2 is 1.90 bits per heavy atom. The van der Waals surface area contributed by atoms with Gasteiger partial charge in [0.1, 0.15) is 5.75 Å². The van der Waals surface area contributed by atoms with E-state index in [0.29, 0.717) is 44.5 Å². The molecule has 29 heavy (non-hydrogen) atoms. The van der Waals surface area contributed by atoms with Gasteiger partial charge in [0.15, 0.2) is 12.6 Å². The van der Waals surface area contributed by atoms with E-state index in [1.54, 1.807) is 12.1 Å². The molecule has 0 spiro atoms. The molecule has 6 nitrogen and oxygen atoms in total. The Morgan fingerprint density at radius 3 is 2.48 bits per heavy atom. The number of rotatable bonds is 10. The van der Waals surface area contributed by atoms with Gasteiger partial charge >= 0.3 is 6.18 Å². The molecular formula is C19H28F3IN4O2. The van der Waals surface area contributed by atoms with E-state index >= 15 is 0 Å². The number of halogens is 4. The highest BCUT2D eigenvalue weighted by Crippen LogP contribution is 2.19. The number of alkyl halides is 3. The van der Waals surface area contributed by atoms with Crippen LogP contribution in [0, 0.1) is 0 Å². The molecule has 3 N–H and O–H groups in total. The molecule has 0 atom stereocenters. The quantitative estimate of drug-likeness (QED) is 0.189. The Labute approximate surface area is 186 Å². The summed E-state index contributed by atoms with van der Waals surface area (Å²) in [5, 5.41) is 9.24. The highest BCUT2D eigenvalue weighted by atomic mass is 127. The number of hydrogen-bond donors (Lipinski definition) is 3. The van der Waals surface area contributed by atoms with Crippen molar-refractivity contribution in [3.63, 3.8) is 0 Å². The molecule has 1 aromatic carbocycles. The van der Waals surface area contributed by atoms with Gasteiger partial charge in [0.05, 0.1) is 6.54 Å². The van der Waals surface area contributed by atoms with Crippen molar-refractivity contribution >= 4 is 35.8 Å². The van der Waals surface area contributed by atoms with Crippen LogP contribution in [0.25, 0.3) is 0 Å². The maximum absolute atomic E-state index is 12.2. The number of nitrogens with one attached hydrogen (secondary N) is 3. The molecule has 0 saturated heterocycles. The highest BCUT2D eigenvalue weighted by molar-refractivity contribution is 14.0. The molecule has 0 heterocycles. The monoisotopic (exact) mass is 528 g/mol. The summed E-state index contributed by atoms with van der Waals surface area (Å²) in [7, 11) is 0. The summed E-state index contributed by atoms with van der Waals surface area (Å²) >= 11 is 0. The normalized spacial score (nSPS) is 14.0. The first-order chi connectivity index (χ1) is 13.4. The number of aliphatic imine (C=N–C) groups is 1. The van der Waals surface area contributed by atoms with E-state index in [-0.39, 0.29) is 35.6 Å². The van der Waals surface area contributed by atoms with Crippen molar-refractivity contribution in [1.82, 2.24) is 16.0 Å². The first-order valence-corrected chi connectivity index (χ1v) is 9.46. The predicted octanol–water partition coefficient (Wildman–Crippen LogP) is 3.36. The van der Waals surface area contributed by atoms with Gasteiger partial charge in [-0.25, -0.2) is 4.99 Å². The molecule has 10 heteroatoms. The molecule has 1 aliphatic rings. The first kappa shape index (κ1) is 25.3. The Bertz CT molecular complexity index is 650. The summed E-state index contributed by atoms with van der Waals surface area (Å²) in [5.41, 5.74) is 0.848. The van der Waals surface area contributed by atoms with E-state index in [0.717, 1.165) is 18.4 Å². The van der Waals surface area contributed by atoms with Gasteiger partial charge in [0.2, 0.25) is 5.91 Å². The zero-order valence-corrected chi connectivity index (χ0v) is 18.7. The zero-order valence-electron chi connectivity index (χ0n) is 16.3. The van der Waals surface area contributed by atoms with Crippen molar-refractivity contribution in [2.75, 3.05) is 19.7 Å². The summed E-state index contributed by atoms with van der Waals surface area (Å²) in [6.45, 7) is 2.33. The summed E-state index contributed by atoms with van der Waals surface area (Å²) < 4.78 is 41.1. The molecule has 1 saturated carbocycles. The third-order valence-corrected chi connectivity index (χ3v) is 3.91. The zero-order chi connectivity index (χ0) is 20.4. The van der Waals surface area contributed by atoms with E-state index in [4.69, 9.17) is 0 Å². The van der Waals surface area contributed by atoms with Crippen LogP contribution in [-0.2, 0) is 11.3 Å². The van der Waals surface area contributed by atoms with Crippen LogP contribution in [0.3, 0.4) is 0 Å². The number of ether oxygens (including phenoxy) is 1. The third-order valence-electron chi connectivity index (χ3n) is 3.91. The second kappa shape index (κ2) is 12.8.